The van der Waals surface area contributed by atoms with Crippen LogP contribution in [0, 0.1) is 0 Å². The first-order valence-corrected chi connectivity index (χ1v) is 9.07. The van der Waals surface area contributed by atoms with Gasteiger partial charge in [-0.1, -0.05) is 0 Å². The first kappa shape index (κ1) is 14.9. The minimum atomic E-state index is -3.94. The van der Waals surface area contributed by atoms with Crippen LogP contribution in [-0.2, 0) is 20.0 Å². The van der Waals surface area contributed by atoms with Gasteiger partial charge in [0.2, 0.25) is 20.0 Å². The molecule has 0 saturated carbocycles. The van der Waals surface area contributed by atoms with Crippen molar-refractivity contribution in [3.63, 3.8) is 0 Å². The van der Waals surface area contributed by atoms with Crippen LogP contribution in [0.15, 0.2) is 46.2 Å². The van der Waals surface area contributed by atoms with E-state index in [0.29, 0.717) is 11.1 Å². The third-order valence-corrected chi connectivity index (χ3v) is 5.24. The largest absolute Gasteiger partial charge is 0.289 e. The van der Waals surface area contributed by atoms with Crippen LogP contribution >= 0.6 is 0 Å². The summed E-state index contributed by atoms with van der Waals surface area (Å²) in [5.41, 5.74) is 1.21. The maximum absolute atomic E-state index is 12.2. The van der Waals surface area contributed by atoms with Gasteiger partial charge in [-0.3, -0.25) is 4.79 Å². The maximum atomic E-state index is 12.2. The number of nitrogens with two attached hydrogens (primary N) is 2. The fraction of sp³-hybridized carbons (Fsp3) is 0. The van der Waals surface area contributed by atoms with Crippen LogP contribution in [0.5, 0.6) is 0 Å². The highest BCUT2D eigenvalue weighted by Crippen LogP contribution is 2.38. The number of fused-ring (bicyclic) bond motifs is 3. The number of hydrogen-bond donors (Lipinski definition) is 2. The predicted octanol–water partition coefficient (Wildman–Crippen LogP) is 0.193. The number of primary sulfonamides is 2. The zero-order valence-electron chi connectivity index (χ0n) is 11.0. The first-order valence-electron chi connectivity index (χ1n) is 5.98. The maximum Gasteiger partial charge on any atom is 0.238 e. The van der Waals surface area contributed by atoms with Gasteiger partial charge in [0, 0.05) is 11.1 Å². The van der Waals surface area contributed by atoms with Crippen molar-refractivity contribution >= 4 is 25.8 Å². The van der Waals surface area contributed by atoms with Crippen molar-refractivity contribution in [1.82, 2.24) is 0 Å². The molecule has 0 amide bonds. The van der Waals surface area contributed by atoms with E-state index in [-0.39, 0.29) is 26.7 Å². The summed E-state index contributed by atoms with van der Waals surface area (Å²) < 4.78 is 45.7. The van der Waals surface area contributed by atoms with Crippen LogP contribution in [0.2, 0.25) is 0 Å². The van der Waals surface area contributed by atoms with Gasteiger partial charge in [0.05, 0.1) is 9.79 Å². The number of ketones is 1. The lowest BCUT2D eigenvalue weighted by molar-refractivity contribution is 0.104. The van der Waals surface area contributed by atoms with E-state index >= 15 is 0 Å². The van der Waals surface area contributed by atoms with Crippen LogP contribution in [0.1, 0.15) is 15.9 Å². The van der Waals surface area contributed by atoms with E-state index in [1.807, 2.05) is 0 Å². The first-order chi connectivity index (χ1) is 10.1. The smallest absolute Gasteiger partial charge is 0.238 e. The molecule has 0 radical (unpaired) electrons. The lowest BCUT2D eigenvalue weighted by Crippen LogP contribution is -2.12. The molecule has 0 aliphatic heterocycles. The summed E-state index contributed by atoms with van der Waals surface area (Å²) in [5.74, 6) is -0.313. The number of sulfonamides is 2. The van der Waals surface area contributed by atoms with Gasteiger partial charge in [0.15, 0.2) is 5.78 Å². The van der Waals surface area contributed by atoms with Crippen LogP contribution in [-0.4, -0.2) is 22.6 Å². The number of carbonyl (C=O) groups is 1. The molecule has 4 N–H and O–H groups in total. The lowest BCUT2D eigenvalue weighted by Gasteiger charge is -2.04. The molecule has 0 unspecified atom stereocenters. The van der Waals surface area contributed by atoms with Gasteiger partial charge in [-0.2, -0.15) is 0 Å². The van der Waals surface area contributed by atoms with E-state index in [0.717, 1.165) is 0 Å². The molecule has 0 atom stereocenters. The molecule has 0 bridgehead atoms. The van der Waals surface area contributed by atoms with Gasteiger partial charge in [-0.15, -0.1) is 0 Å². The van der Waals surface area contributed by atoms with Crippen LogP contribution in [0.3, 0.4) is 0 Å². The Hall–Kier alpha value is -2.07. The predicted molar refractivity (Wildman–Crippen MR) is 78.1 cm³/mol. The second kappa shape index (κ2) is 4.46. The van der Waals surface area contributed by atoms with Crippen molar-refractivity contribution in [2.45, 2.75) is 9.79 Å². The summed E-state index contributed by atoms with van der Waals surface area (Å²) >= 11 is 0. The minimum absolute atomic E-state index is 0.159. The zero-order valence-corrected chi connectivity index (χ0v) is 12.6. The van der Waals surface area contributed by atoms with E-state index in [4.69, 9.17) is 10.3 Å². The summed E-state index contributed by atoms with van der Waals surface area (Å²) in [7, 11) is -7.87. The van der Waals surface area contributed by atoms with E-state index in [9.17, 15) is 21.6 Å². The summed E-state index contributed by atoms with van der Waals surface area (Å²) in [4.78, 5) is 11.9. The Morgan fingerprint density at radius 3 is 1.32 bits per heavy atom. The molecule has 0 saturated heterocycles. The van der Waals surface area contributed by atoms with Gasteiger partial charge in [-0.05, 0) is 47.5 Å². The molecule has 2 aromatic carbocycles. The normalized spacial score (nSPS) is 13.8. The van der Waals surface area contributed by atoms with Crippen LogP contribution in [0.4, 0.5) is 0 Å². The summed E-state index contributed by atoms with van der Waals surface area (Å²) in [6, 6.07) is 7.68. The van der Waals surface area contributed by atoms with Gasteiger partial charge < -0.3 is 0 Å². The van der Waals surface area contributed by atoms with Gasteiger partial charge in [-0.25, -0.2) is 27.1 Å². The van der Waals surface area contributed by atoms with Crippen molar-refractivity contribution in [1.29, 1.82) is 0 Å². The Balaban J connectivity index is 2.32. The molecule has 3 rings (SSSR count). The Morgan fingerprint density at radius 1 is 0.636 bits per heavy atom. The second-order valence-electron chi connectivity index (χ2n) is 4.83. The van der Waals surface area contributed by atoms with Crippen molar-refractivity contribution in [3.05, 3.63) is 47.5 Å². The zero-order chi connectivity index (χ0) is 16.3. The third kappa shape index (κ3) is 2.24. The number of benzene rings is 2. The molecule has 114 valence electrons. The van der Waals surface area contributed by atoms with E-state index in [1.54, 1.807) is 0 Å². The number of hydrogen-bond acceptors (Lipinski definition) is 5. The van der Waals surface area contributed by atoms with E-state index in [1.165, 1.54) is 36.4 Å². The topological polar surface area (TPSA) is 137 Å². The SMILES string of the molecule is NS(=O)(=O)c1ccc2c(c1)-c1cc(S(N)(=O)=O)ccc1C2=O. The van der Waals surface area contributed by atoms with Gasteiger partial charge in [0.25, 0.3) is 0 Å². The molecule has 9 heteroatoms. The molecule has 0 heterocycles. The highest BCUT2D eigenvalue weighted by atomic mass is 32.2. The molecule has 0 fully saturated rings. The quantitative estimate of drug-likeness (QED) is 0.687. The van der Waals surface area contributed by atoms with Crippen LogP contribution < -0.4 is 10.3 Å². The van der Waals surface area contributed by atoms with Gasteiger partial charge in [0.1, 0.15) is 0 Å². The van der Waals surface area contributed by atoms with Crippen molar-refractivity contribution in [3.8, 4) is 11.1 Å². The fourth-order valence-electron chi connectivity index (χ4n) is 2.39. The molecule has 2 aromatic rings. The monoisotopic (exact) mass is 338 g/mol. The van der Waals surface area contributed by atoms with Crippen molar-refractivity contribution < 1.29 is 21.6 Å². The summed E-state index contributed by atoms with van der Waals surface area (Å²) in [6.07, 6.45) is 0. The Bertz CT molecular complexity index is 957. The molecule has 1 aliphatic carbocycles. The molecular formula is C13H10N2O5S2. The highest BCUT2D eigenvalue weighted by molar-refractivity contribution is 7.89. The molecule has 22 heavy (non-hydrogen) atoms. The number of carbonyl (C=O) groups excluding carboxylic acids is 1. The Labute approximate surface area is 126 Å². The summed E-state index contributed by atoms with van der Waals surface area (Å²) in [6.45, 7) is 0. The van der Waals surface area contributed by atoms with E-state index < -0.39 is 20.0 Å². The minimum Gasteiger partial charge on any atom is -0.289 e. The van der Waals surface area contributed by atoms with Crippen LogP contribution in [0.25, 0.3) is 11.1 Å². The third-order valence-electron chi connectivity index (χ3n) is 3.42. The molecule has 1 aliphatic rings. The van der Waals surface area contributed by atoms with Crippen molar-refractivity contribution in [2.24, 2.45) is 10.3 Å². The molecule has 7 nitrogen and oxygen atoms in total. The highest BCUT2D eigenvalue weighted by Gasteiger charge is 2.29. The second-order valence-corrected chi connectivity index (χ2v) is 7.96. The summed E-state index contributed by atoms with van der Waals surface area (Å²) in [5, 5.41) is 10.2. The molecular weight excluding hydrogens is 328 g/mol. The Morgan fingerprint density at radius 2 is 1.00 bits per heavy atom. The van der Waals surface area contributed by atoms with E-state index in [2.05, 4.69) is 0 Å². The average molecular weight is 338 g/mol. The molecule has 0 aromatic heterocycles. The van der Waals surface area contributed by atoms with Gasteiger partial charge >= 0.3 is 0 Å². The number of rotatable bonds is 2. The average Bonchev–Trinajstić information content (AvgIpc) is 2.70. The van der Waals surface area contributed by atoms with Crippen molar-refractivity contribution in [2.75, 3.05) is 0 Å². The molecule has 0 spiro atoms. The lowest BCUT2D eigenvalue weighted by atomic mass is 10.1. The fourth-order valence-corrected chi connectivity index (χ4v) is 3.47. The Kier molecular flexibility index (Phi) is 3.01. The standard InChI is InChI=1S/C13H10N2O5S2/c14-21(17,18)7-1-3-9-11(5-7)12-6-8(22(15,19)20)2-4-10(12)13(9)16/h1-6H,(H2,14,17,18)(H2,15,19,20).